The number of amidine groups is 1. The average molecular weight is 453 g/mol. The molecule has 2 amide bonds. The van der Waals surface area contributed by atoms with Gasteiger partial charge in [0.05, 0.1) is 19.0 Å². The summed E-state index contributed by atoms with van der Waals surface area (Å²) in [5.74, 6) is -2.17. The van der Waals surface area contributed by atoms with Crippen LogP contribution in [0.15, 0.2) is 48.5 Å². The molecule has 2 unspecified atom stereocenters. The van der Waals surface area contributed by atoms with Crippen LogP contribution in [0.5, 0.6) is 5.75 Å². The largest absolute Gasteiger partial charge is 0.481 e. The summed E-state index contributed by atoms with van der Waals surface area (Å²) in [5.41, 5.74) is 7.54. The molecule has 2 aromatic carbocycles. The van der Waals surface area contributed by atoms with Crippen molar-refractivity contribution < 1.29 is 24.2 Å². The number of aliphatic carboxylic acids is 1. The Morgan fingerprint density at radius 3 is 2.42 bits per heavy atom. The second-order valence-corrected chi connectivity index (χ2v) is 7.94. The summed E-state index contributed by atoms with van der Waals surface area (Å²) in [6.45, 7) is 4.08. The molecule has 33 heavy (non-hydrogen) atoms. The minimum Gasteiger partial charge on any atom is -0.481 e. The molecule has 1 saturated heterocycles. The van der Waals surface area contributed by atoms with Crippen LogP contribution >= 0.6 is 0 Å². The van der Waals surface area contributed by atoms with Gasteiger partial charge >= 0.3 is 17.8 Å². The number of aryl methyl sites for hydroxylation is 1. The van der Waals surface area contributed by atoms with Gasteiger partial charge in [0, 0.05) is 12.1 Å². The zero-order valence-corrected chi connectivity index (χ0v) is 18.7. The molecular weight excluding hydrogens is 424 g/mol. The maximum atomic E-state index is 13.1. The minimum atomic E-state index is -1.07. The first kappa shape index (κ1) is 23.8. The Labute approximate surface area is 192 Å². The molecule has 9 heteroatoms. The first-order valence-corrected chi connectivity index (χ1v) is 10.7. The molecular formula is C24H28N4O5. The van der Waals surface area contributed by atoms with Crippen LogP contribution in [0.3, 0.4) is 0 Å². The Morgan fingerprint density at radius 1 is 1.18 bits per heavy atom. The molecule has 0 radical (unpaired) electrons. The van der Waals surface area contributed by atoms with Crippen molar-refractivity contribution in [3.05, 3.63) is 65.2 Å². The molecule has 1 heterocycles. The highest BCUT2D eigenvalue weighted by Crippen LogP contribution is 2.31. The first-order valence-electron chi connectivity index (χ1n) is 10.7. The number of benzene rings is 2. The molecule has 2 aromatic rings. The van der Waals surface area contributed by atoms with Crippen molar-refractivity contribution in [2.75, 3.05) is 13.1 Å². The van der Waals surface area contributed by atoms with Crippen LogP contribution in [-0.2, 0) is 14.4 Å². The Hall–Kier alpha value is -3.88. The van der Waals surface area contributed by atoms with E-state index in [0.717, 1.165) is 5.56 Å². The number of nitrogens with one attached hydrogen (secondary N) is 1. The van der Waals surface area contributed by atoms with Gasteiger partial charge in [-0.1, -0.05) is 31.2 Å². The predicted octanol–water partition coefficient (Wildman–Crippen LogP) is 2.28. The van der Waals surface area contributed by atoms with Gasteiger partial charge in [-0.3, -0.25) is 24.7 Å². The Morgan fingerprint density at radius 2 is 1.85 bits per heavy atom. The van der Waals surface area contributed by atoms with E-state index in [-0.39, 0.29) is 18.8 Å². The van der Waals surface area contributed by atoms with E-state index >= 15 is 0 Å². The number of carbonyl (C=O) groups is 3. The van der Waals surface area contributed by atoms with E-state index in [1.807, 2.05) is 26.0 Å². The average Bonchev–Trinajstić information content (AvgIpc) is 2.78. The van der Waals surface area contributed by atoms with Crippen molar-refractivity contribution in [3.63, 3.8) is 0 Å². The number of nitrogens with zero attached hydrogens (tertiary/aromatic N) is 2. The Kier molecular flexibility index (Phi) is 7.32. The van der Waals surface area contributed by atoms with E-state index < -0.39 is 30.1 Å². The number of ether oxygens (including phenoxy) is 1. The second-order valence-electron chi connectivity index (χ2n) is 7.94. The standard InChI is InChI=1S/C24H28N4O5/c1-3-12-27-20(33-17-10-8-16(9-11-17)22(25)26)14-28(24(32)23(27)31)19(13-21(29)30)18-7-5-4-6-15(18)2/h4-11,19-20H,3,12-14H2,1-2H3,(H3,25,26)(H,29,30). The number of carboxylic acids is 1. The van der Waals surface area contributed by atoms with Gasteiger partial charge in [-0.25, -0.2) is 0 Å². The van der Waals surface area contributed by atoms with Gasteiger partial charge in [0.25, 0.3) is 0 Å². The number of hydrogen-bond donors (Lipinski definition) is 3. The quantitative estimate of drug-likeness (QED) is 0.303. The summed E-state index contributed by atoms with van der Waals surface area (Å²) >= 11 is 0. The third-order valence-corrected chi connectivity index (χ3v) is 5.60. The summed E-state index contributed by atoms with van der Waals surface area (Å²) < 4.78 is 6.08. The summed E-state index contributed by atoms with van der Waals surface area (Å²) in [7, 11) is 0. The van der Waals surface area contributed by atoms with Gasteiger partial charge in [-0.2, -0.15) is 0 Å². The minimum absolute atomic E-state index is 0.0192. The van der Waals surface area contributed by atoms with Crippen LogP contribution in [0.25, 0.3) is 0 Å². The zero-order valence-electron chi connectivity index (χ0n) is 18.7. The number of amides is 2. The highest BCUT2D eigenvalue weighted by atomic mass is 16.5. The number of nitrogen functional groups attached to an aromatic ring is 1. The lowest BCUT2D eigenvalue weighted by Gasteiger charge is -2.43. The van der Waals surface area contributed by atoms with Crippen molar-refractivity contribution in [3.8, 4) is 5.75 Å². The summed E-state index contributed by atoms with van der Waals surface area (Å²) in [6, 6.07) is 13.0. The number of hydrogen-bond acceptors (Lipinski definition) is 5. The van der Waals surface area contributed by atoms with Gasteiger partial charge in [0.2, 0.25) is 0 Å². The monoisotopic (exact) mass is 452 g/mol. The van der Waals surface area contributed by atoms with E-state index in [2.05, 4.69) is 0 Å². The van der Waals surface area contributed by atoms with Gasteiger partial charge in [-0.15, -0.1) is 0 Å². The van der Waals surface area contributed by atoms with Gasteiger partial charge in [-0.05, 0) is 48.7 Å². The molecule has 174 valence electrons. The topological polar surface area (TPSA) is 137 Å². The second kappa shape index (κ2) is 10.2. The molecule has 9 nitrogen and oxygen atoms in total. The van der Waals surface area contributed by atoms with Crippen molar-refractivity contribution in [1.29, 1.82) is 5.41 Å². The van der Waals surface area contributed by atoms with Crippen LogP contribution in [0.2, 0.25) is 0 Å². The van der Waals surface area contributed by atoms with Crippen LogP contribution < -0.4 is 10.5 Å². The normalized spacial score (nSPS) is 17.1. The molecule has 0 aromatic heterocycles. The Balaban J connectivity index is 1.95. The van der Waals surface area contributed by atoms with Crippen molar-refractivity contribution >= 4 is 23.6 Å². The lowest BCUT2D eigenvalue weighted by molar-refractivity contribution is -0.169. The number of carbonyl (C=O) groups excluding carboxylic acids is 2. The number of carboxylic acid groups (broad SMARTS) is 1. The van der Waals surface area contributed by atoms with Gasteiger partial charge in [0.1, 0.15) is 11.6 Å². The number of rotatable bonds is 9. The van der Waals surface area contributed by atoms with Crippen molar-refractivity contribution in [1.82, 2.24) is 9.80 Å². The Bertz CT molecular complexity index is 1050. The molecule has 0 saturated carbocycles. The molecule has 1 aliphatic rings. The highest BCUT2D eigenvalue weighted by molar-refractivity contribution is 6.35. The SMILES string of the molecule is CCCN1C(=O)C(=O)N(C(CC(=O)O)c2ccccc2C)CC1Oc1ccc(C(=N)N)cc1. The van der Waals surface area contributed by atoms with E-state index in [1.165, 1.54) is 9.80 Å². The fourth-order valence-corrected chi connectivity index (χ4v) is 3.97. The van der Waals surface area contributed by atoms with E-state index in [4.69, 9.17) is 15.9 Å². The third-order valence-electron chi connectivity index (χ3n) is 5.60. The van der Waals surface area contributed by atoms with Crippen LogP contribution in [0.4, 0.5) is 0 Å². The lowest BCUT2D eigenvalue weighted by atomic mass is 9.96. The van der Waals surface area contributed by atoms with Gasteiger partial charge in [0.15, 0.2) is 6.23 Å². The van der Waals surface area contributed by atoms with E-state index in [1.54, 1.807) is 36.4 Å². The molecule has 0 spiro atoms. The maximum absolute atomic E-state index is 13.1. The van der Waals surface area contributed by atoms with Crippen LogP contribution in [0.1, 0.15) is 42.5 Å². The molecule has 0 aliphatic carbocycles. The first-order chi connectivity index (χ1) is 15.7. The van der Waals surface area contributed by atoms with E-state index in [0.29, 0.717) is 29.8 Å². The smallest absolute Gasteiger partial charge is 0.315 e. The predicted molar refractivity (Wildman–Crippen MR) is 122 cm³/mol. The van der Waals surface area contributed by atoms with Crippen LogP contribution in [-0.4, -0.2) is 57.8 Å². The summed E-state index contributed by atoms with van der Waals surface area (Å²) in [6.07, 6.45) is -0.505. The molecule has 3 rings (SSSR count). The van der Waals surface area contributed by atoms with Crippen molar-refractivity contribution in [2.45, 2.75) is 39.0 Å². The van der Waals surface area contributed by atoms with Gasteiger partial charge < -0.3 is 20.5 Å². The number of nitrogens with two attached hydrogens (primary N) is 1. The molecule has 4 N–H and O–H groups in total. The zero-order chi connectivity index (χ0) is 24.1. The molecule has 1 aliphatic heterocycles. The molecule has 0 bridgehead atoms. The lowest BCUT2D eigenvalue weighted by Crippen LogP contribution is -2.62. The summed E-state index contributed by atoms with van der Waals surface area (Å²) in [5, 5.41) is 17.0. The molecule has 1 fully saturated rings. The fourth-order valence-electron chi connectivity index (χ4n) is 3.97. The molecule has 2 atom stereocenters. The number of piperazine rings is 1. The fraction of sp³-hybridized carbons (Fsp3) is 0.333. The van der Waals surface area contributed by atoms with E-state index in [9.17, 15) is 19.5 Å². The van der Waals surface area contributed by atoms with Crippen LogP contribution in [0, 0.1) is 12.3 Å². The third kappa shape index (κ3) is 5.31. The highest BCUT2D eigenvalue weighted by Gasteiger charge is 2.43. The van der Waals surface area contributed by atoms with Crippen molar-refractivity contribution in [2.24, 2.45) is 5.73 Å². The maximum Gasteiger partial charge on any atom is 0.315 e. The summed E-state index contributed by atoms with van der Waals surface area (Å²) in [4.78, 5) is 40.5.